The molecule has 0 radical (unpaired) electrons. The average Bonchev–Trinajstić information content (AvgIpc) is 3.26. The number of furan rings is 1. The fourth-order valence-electron chi connectivity index (χ4n) is 3.80. The van der Waals surface area contributed by atoms with Crippen LogP contribution in [0.1, 0.15) is 58.7 Å². The summed E-state index contributed by atoms with van der Waals surface area (Å²) in [6, 6.07) is 5.61. The van der Waals surface area contributed by atoms with Crippen LogP contribution in [0.25, 0.3) is 0 Å². The summed E-state index contributed by atoms with van der Waals surface area (Å²) in [6.45, 7) is 0.562. The molecule has 2 aromatic rings. The third kappa shape index (κ3) is 2.72. The molecule has 0 spiro atoms. The lowest BCUT2D eigenvalue weighted by molar-refractivity contribution is -0.0636. The zero-order valence-corrected chi connectivity index (χ0v) is 14.1. The summed E-state index contributed by atoms with van der Waals surface area (Å²) >= 11 is 1.85. The van der Waals surface area contributed by atoms with Gasteiger partial charge in [0.2, 0.25) is 0 Å². The van der Waals surface area contributed by atoms with Crippen LogP contribution in [0, 0.1) is 0 Å². The first-order valence-electron chi connectivity index (χ1n) is 8.26. The molecule has 3 atom stereocenters. The molecule has 5 heteroatoms. The van der Waals surface area contributed by atoms with Crippen molar-refractivity contribution in [3.8, 4) is 0 Å². The highest BCUT2D eigenvalue weighted by atomic mass is 32.1. The molecule has 23 heavy (non-hydrogen) atoms. The van der Waals surface area contributed by atoms with Gasteiger partial charge in [-0.15, -0.1) is 11.3 Å². The van der Waals surface area contributed by atoms with Crippen LogP contribution in [0.15, 0.2) is 34.3 Å². The van der Waals surface area contributed by atoms with Crippen molar-refractivity contribution in [3.63, 3.8) is 0 Å². The molecule has 4 rings (SSSR count). The van der Waals surface area contributed by atoms with Gasteiger partial charge in [0.15, 0.2) is 5.76 Å². The van der Waals surface area contributed by atoms with Crippen LogP contribution in [0.2, 0.25) is 0 Å². The van der Waals surface area contributed by atoms with Gasteiger partial charge < -0.3 is 14.1 Å². The summed E-state index contributed by atoms with van der Waals surface area (Å²) in [6.07, 6.45) is 6.72. The number of nitrogens with zero attached hydrogens (tertiary/aromatic N) is 1. The maximum Gasteiger partial charge on any atom is 0.289 e. The van der Waals surface area contributed by atoms with E-state index in [2.05, 4.69) is 11.4 Å². The average molecular weight is 331 g/mol. The van der Waals surface area contributed by atoms with Crippen molar-refractivity contribution in [1.82, 2.24) is 4.90 Å². The molecular weight excluding hydrogens is 310 g/mol. The van der Waals surface area contributed by atoms with E-state index in [-0.39, 0.29) is 12.0 Å². The van der Waals surface area contributed by atoms with Gasteiger partial charge in [-0.2, -0.15) is 0 Å². The predicted octanol–water partition coefficient (Wildman–Crippen LogP) is 4.21. The lowest BCUT2D eigenvalue weighted by Crippen LogP contribution is -2.38. The lowest BCUT2D eigenvalue weighted by atomic mass is 9.81. The highest BCUT2D eigenvalue weighted by Crippen LogP contribution is 2.47. The van der Waals surface area contributed by atoms with Gasteiger partial charge in [0.1, 0.15) is 6.10 Å². The molecule has 1 fully saturated rings. The van der Waals surface area contributed by atoms with Gasteiger partial charge in [0.05, 0.1) is 18.9 Å². The molecule has 1 aliphatic carbocycles. The second-order valence-corrected chi connectivity index (χ2v) is 7.40. The summed E-state index contributed by atoms with van der Waals surface area (Å²) in [7, 11) is 1.81. The molecule has 0 aromatic carbocycles. The van der Waals surface area contributed by atoms with Crippen molar-refractivity contribution in [2.24, 2.45) is 0 Å². The maximum atomic E-state index is 12.4. The van der Waals surface area contributed by atoms with E-state index >= 15 is 0 Å². The first-order chi connectivity index (χ1) is 11.2. The van der Waals surface area contributed by atoms with Crippen LogP contribution in [0.5, 0.6) is 0 Å². The second-order valence-electron chi connectivity index (χ2n) is 6.46. The van der Waals surface area contributed by atoms with Gasteiger partial charge in [-0.05, 0) is 42.0 Å². The molecule has 0 N–H and O–H groups in total. The molecule has 1 aliphatic heterocycles. The molecule has 2 aliphatic rings. The van der Waals surface area contributed by atoms with Crippen molar-refractivity contribution in [2.45, 2.75) is 43.8 Å². The first kappa shape index (κ1) is 15.0. The van der Waals surface area contributed by atoms with Crippen molar-refractivity contribution in [2.75, 3.05) is 13.6 Å². The van der Waals surface area contributed by atoms with E-state index in [4.69, 9.17) is 9.15 Å². The molecule has 0 saturated heterocycles. The van der Waals surface area contributed by atoms with Gasteiger partial charge in [-0.3, -0.25) is 4.79 Å². The van der Waals surface area contributed by atoms with E-state index in [9.17, 15) is 4.79 Å². The molecule has 1 amide bonds. The number of fused-ring (bicyclic) bond motifs is 3. The minimum atomic E-state index is -0.0962. The summed E-state index contributed by atoms with van der Waals surface area (Å²) in [5.41, 5.74) is 1.28. The van der Waals surface area contributed by atoms with Crippen LogP contribution in [-0.2, 0) is 4.74 Å². The van der Waals surface area contributed by atoms with Crippen LogP contribution in [0.4, 0.5) is 0 Å². The highest BCUT2D eigenvalue weighted by Gasteiger charge is 2.38. The Labute approximate surface area is 140 Å². The Balaban J connectivity index is 1.54. The third-order valence-electron chi connectivity index (χ3n) is 4.97. The minimum absolute atomic E-state index is 0.0282. The molecule has 3 heterocycles. The number of hydrogen-bond donors (Lipinski definition) is 0. The number of hydrogen-bond acceptors (Lipinski definition) is 4. The molecule has 0 unspecified atom stereocenters. The second kappa shape index (κ2) is 6.13. The van der Waals surface area contributed by atoms with Gasteiger partial charge in [0.25, 0.3) is 5.91 Å². The summed E-state index contributed by atoms with van der Waals surface area (Å²) in [4.78, 5) is 15.6. The monoisotopic (exact) mass is 331 g/mol. The number of carbonyl (C=O) groups is 1. The van der Waals surface area contributed by atoms with E-state index < -0.39 is 0 Å². The summed E-state index contributed by atoms with van der Waals surface area (Å²) < 4.78 is 11.6. The van der Waals surface area contributed by atoms with E-state index in [1.807, 2.05) is 18.4 Å². The molecule has 2 aromatic heterocycles. The standard InChI is InChI=1S/C18H21NO3S/c1-19(18(20)15-7-4-9-21-15)11-16-13-8-10-23-17(13)12-5-2-3-6-14(12)22-16/h4,7-10,12,14,16H,2-3,5-6,11H2,1H3/t12-,14-,16+/m0/s1. The van der Waals surface area contributed by atoms with Crippen LogP contribution in [-0.4, -0.2) is 30.5 Å². The quantitative estimate of drug-likeness (QED) is 0.846. The topological polar surface area (TPSA) is 42.7 Å². The van der Waals surface area contributed by atoms with Gasteiger partial charge >= 0.3 is 0 Å². The predicted molar refractivity (Wildman–Crippen MR) is 88.8 cm³/mol. The fraction of sp³-hybridized carbons (Fsp3) is 0.500. The number of rotatable bonds is 3. The van der Waals surface area contributed by atoms with E-state index in [0.717, 1.165) is 6.42 Å². The Morgan fingerprint density at radius 2 is 2.22 bits per heavy atom. The van der Waals surface area contributed by atoms with E-state index in [1.165, 1.54) is 36.0 Å². The Hall–Kier alpha value is -1.59. The molecular formula is C18H21NO3S. The SMILES string of the molecule is CN(C[C@H]1O[C@H]2CCCC[C@@H]2c2sccc21)C(=O)c1ccco1. The molecule has 0 bridgehead atoms. The largest absolute Gasteiger partial charge is 0.459 e. The Morgan fingerprint density at radius 3 is 3.04 bits per heavy atom. The van der Waals surface area contributed by atoms with Crippen molar-refractivity contribution >= 4 is 17.2 Å². The van der Waals surface area contributed by atoms with Crippen LogP contribution < -0.4 is 0 Å². The van der Waals surface area contributed by atoms with E-state index in [1.54, 1.807) is 17.0 Å². The fourth-order valence-corrected chi connectivity index (χ4v) is 4.94. The summed E-state index contributed by atoms with van der Waals surface area (Å²) in [5.74, 6) is 0.839. The summed E-state index contributed by atoms with van der Waals surface area (Å²) in [5, 5.41) is 2.16. The van der Waals surface area contributed by atoms with Crippen LogP contribution >= 0.6 is 11.3 Å². The lowest BCUT2D eigenvalue weighted by Gasteiger charge is -2.40. The Kier molecular flexibility index (Phi) is 3.99. The van der Waals surface area contributed by atoms with E-state index in [0.29, 0.717) is 24.3 Å². The van der Waals surface area contributed by atoms with Gasteiger partial charge in [-0.25, -0.2) is 0 Å². The Bertz CT molecular complexity index is 678. The Morgan fingerprint density at radius 1 is 1.35 bits per heavy atom. The zero-order valence-electron chi connectivity index (χ0n) is 13.2. The number of thiophene rings is 1. The van der Waals surface area contributed by atoms with Crippen molar-refractivity contribution in [1.29, 1.82) is 0 Å². The molecule has 1 saturated carbocycles. The van der Waals surface area contributed by atoms with Crippen LogP contribution in [0.3, 0.4) is 0 Å². The smallest absolute Gasteiger partial charge is 0.289 e. The number of likely N-dealkylation sites (N-methyl/N-ethyl adjacent to an activating group) is 1. The molecule has 122 valence electrons. The number of carbonyl (C=O) groups excluding carboxylic acids is 1. The highest BCUT2D eigenvalue weighted by molar-refractivity contribution is 7.10. The number of ether oxygens (including phenoxy) is 1. The third-order valence-corrected chi connectivity index (χ3v) is 6.04. The number of amides is 1. The van der Waals surface area contributed by atoms with Gasteiger partial charge in [0, 0.05) is 17.8 Å². The van der Waals surface area contributed by atoms with Crippen molar-refractivity contribution in [3.05, 3.63) is 46.0 Å². The first-order valence-corrected chi connectivity index (χ1v) is 9.13. The van der Waals surface area contributed by atoms with Crippen molar-refractivity contribution < 1.29 is 13.9 Å². The zero-order chi connectivity index (χ0) is 15.8. The normalized spacial score (nSPS) is 26.4. The van der Waals surface area contributed by atoms with Gasteiger partial charge in [-0.1, -0.05) is 12.8 Å². The molecule has 4 nitrogen and oxygen atoms in total. The minimum Gasteiger partial charge on any atom is -0.459 e. The maximum absolute atomic E-state index is 12.4.